The SMILES string of the molecule is C=CN[SiH2]c1nnn[nH]1. The van der Waals surface area contributed by atoms with Gasteiger partial charge in [0.1, 0.15) is 5.45 Å². The van der Waals surface area contributed by atoms with E-state index in [0.29, 0.717) is 0 Å². The Morgan fingerprint density at radius 1 is 1.78 bits per heavy atom. The van der Waals surface area contributed by atoms with Gasteiger partial charge in [-0.2, -0.15) is 0 Å². The molecule has 1 aromatic heterocycles. The number of nitrogens with one attached hydrogen (secondary N) is 2. The molecule has 0 unspecified atom stereocenters. The zero-order valence-electron chi connectivity index (χ0n) is 4.83. The Bertz CT molecular complexity index is 170. The highest BCUT2D eigenvalue weighted by Crippen LogP contribution is 1.52. The highest BCUT2D eigenvalue weighted by molar-refractivity contribution is 6.48. The fourth-order valence-electron chi connectivity index (χ4n) is 0.423. The minimum atomic E-state index is -0.529. The minimum absolute atomic E-state index is 0.529. The van der Waals surface area contributed by atoms with Gasteiger partial charge < -0.3 is 4.98 Å². The average molecular weight is 141 g/mol. The van der Waals surface area contributed by atoms with Gasteiger partial charge in [-0.05, 0) is 16.6 Å². The van der Waals surface area contributed by atoms with Crippen molar-refractivity contribution in [3.63, 3.8) is 0 Å². The topological polar surface area (TPSA) is 66.5 Å². The molecule has 2 N–H and O–H groups in total. The van der Waals surface area contributed by atoms with Crippen LogP contribution in [-0.4, -0.2) is 30.3 Å². The molecule has 1 rings (SSSR count). The number of hydrogen-bond acceptors (Lipinski definition) is 4. The van der Waals surface area contributed by atoms with E-state index in [4.69, 9.17) is 0 Å². The van der Waals surface area contributed by atoms with Crippen molar-refractivity contribution >= 4 is 15.1 Å². The molecule has 0 amide bonds. The van der Waals surface area contributed by atoms with Crippen LogP contribution in [-0.2, 0) is 0 Å². The van der Waals surface area contributed by atoms with E-state index in [2.05, 4.69) is 32.2 Å². The summed E-state index contributed by atoms with van der Waals surface area (Å²) in [7, 11) is -0.529. The van der Waals surface area contributed by atoms with Gasteiger partial charge in [0, 0.05) is 0 Å². The molecule has 0 spiro atoms. The molecule has 0 aliphatic rings. The summed E-state index contributed by atoms with van der Waals surface area (Å²) in [5.74, 6) is 0. The highest BCUT2D eigenvalue weighted by atomic mass is 28.2. The van der Waals surface area contributed by atoms with Crippen molar-refractivity contribution in [1.82, 2.24) is 25.6 Å². The van der Waals surface area contributed by atoms with Crippen LogP contribution in [0.25, 0.3) is 0 Å². The molecular formula is C3H7N5Si. The number of aromatic amines is 1. The summed E-state index contributed by atoms with van der Waals surface area (Å²) >= 11 is 0. The third kappa shape index (κ3) is 1.65. The van der Waals surface area contributed by atoms with E-state index < -0.39 is 9.68 Å². The molecule has 1 heterocycles. The second kappa shape index (κ2) is 2.97. The molecular weight excluding hydrogens is 134 g/mol. The molecule has 0 saturated heterocycles. The van der Waals surface area contributed by atoms with Crippen LogP contribution in [0, 0.1) is 0 Å². The van der Waals surface area contributed by atoms with Crippen LogP contribution >= 0.6 is 0 Å². The second-order valence-corrected chi connectivity index (χ2v) is 2.86. The summed E-state index contributed by atoms with van der Waals surface area (Å²) in [5, 5.41) is 13.2. The van der Waals surface area contributed by atoms with Crippen molar-refractivity contribution in [3.8, 4) is 0 Å². The Labute approximate surface area is 54.4 Å². The first-order valence-electron chi connectivity index (χ1n) is 2.50. The van der Waals surface area contributed by atoms with Crippen LogP contribution in [0.1, 0.15) is 0 Å². The van der Waals surface area contributed by atoms with Gasteiger partial charge in [0.25, 0.3) is 0 Å². The molecule has 0 bridgehead atoms. The monoisotopic (exact) mass is 141 g/mol. The number of rotatable bonds is 3. The van der Waals surface area contributed by atoms with Gasteiger partial charge in [-0.15, -0.1) is 5.10 Å². The van der Waals surface area contributed by atoms with Crippen molar-refractivity contribution in [2.45, 2.75) is 0 Å². The van der Waals surface area contributed by atoms with Gasteiger partial charge in [0.15, 0.2) is 0 Å². The van der Waals surface area contributed by atoms with Crippen molar-refractivity contribution in [2.75, 3.05) is 0 Å². The number of H-pyrrole nitrogens is 1. The Balaban J connectivity index is 2.38. The van der Waals surface area contributed by atoms with E-state index >= 15 is 0 Å². The quantitative estimate of drug-likeness (QED) is 0.462. The van der Waals surface area contributed by atoms with E-state index in [1.807, 2.05) is 0 Å². The summed E-state index contributed by atoms with van der Waals surface area (Å²) in [5.41, 5.74) is 0.843. The largest absolute Gasteiger partial charge is 0.416 e. The van der Waals surface area contributed by atoms with E-state index in [1.165, 1.54) is 0 Å². The zero-order chi connectivity index (χ0) is 6.53. The zero-order valence-corrected chi connectivity index (χ0v) is 6.25. The predicted molar refractivity (Wildman–Crippen MR) is 35.7 cm³/mol. The van der Waals surface area contributed by atoms with E-state index in [9.17, 15) is 0 Å². The first kappa shape index (κ1) is 5.95. The van der Waals surface area contributed by atoms with Gasteiger partial charge in [-0.25, -0.2) is 5.10 Å². The molecule has 0 aromatic carbocycles. The number of nitrogens with zero attached hydrogens (tertiary/aromatic N) is 3. The molecule has 6 heteroatoms. The maximum atomic E-state index is 3.69. The van der Waals surface area contributed by atoms with Crippen molar-refractivity contribution in [3.05, 3.63) is 12.8 Å². The van der Waals surface area contributed by atoms with Gasteiger partial charge in [0.05, 0.1) is 0 Å². The smallest absolute Gasteiger partial charge is 0.200 e. The molecule has 0 saturated carbocycles. The lowest BCUT2D eigenvalue weighted by molar-refractivity contribution is 0.881. The summed E-state index contributed by atoms with van der Waals surface area (Å²) in [6, 6.07) is 0. The lowest BCUT2D eigenvalue weighted by Crippen LogP contribution is -2.29. The fourth-order valence-corrected chi connectivity index (χ4v) is 1.04. The maximum absolute atomic E-state index is 3.69. The highest BCUT2D eigenvalue weighted by Gasteiger charge is 1.92. The van der Waals surface area contributed by atoms with Gasteiger partial charge >= 0.3 is 0 Å². The summed E-state index contributed by atoms with van der Waals surface area (Å²) in [4.78, 5) is 2.98. The first-order valence-corrected chi connectivity index (χ1v) is 3.92. The van der Waals surface area contributed by atoms with Crippen LogP contribution in [0.15, 0.2) is 12.8 Å². The molecule has 48 valence electrons. The van der Waals surface area contributed by atoms with Crippen LogP contribution in [0.2, 0.25) is 0 Å². The third-order valence-corrected chi connectivity index (χ3v) is 1.93. The van der Waals surface area contributed by atoms with Crippen LogP contribution in [0.3, 0.4) is 0 Å². The minimum Gasteiger partial charge on any atom is -0.416 e. The Morgan fingerprint density at radius 2 is 2.67 bits per heavy atom. The molecule has 0 fully saturated rings. The maximum Gasteiger partial charge on any atom is 0.200 e. The van der Waals surface area contributed by atoms with Crippen LogP contribution < -0.4 is 10.4 Å². The first-order chi connectivity index (χ1) is 4.43. The van der Waals surface area contributed by atoms with Crippen LogP contribution in [0.5, 0.6) is 0 Å². The number of hydrogen-bond donors (Lipinski definition) is 2. The van der Waals surface area contributed by atoms with Gasteiger partial charge in [-0.3, -0.25) is 0 Å². The number of tetrazole rings is 1. The van der Waals surface area contributed by atoms with Crippen LogP contribution in [0.4, 0.5) is 0 Å². The second-order valence-electron chi connectivity index (χ2n) is 1.43. The summed E-state index contributed by atoms with van der Waals surface area (Å²) in [6.07, 6.45) is 1.65. The fraction of sp³-hybridized carbons (Fsp3) is 0. The standard InChI is InChI=1S/C3H7N5Si/c1-2-4-9-3-5-7-8-6-3/h2,4H,1,9H2,(H,5,6,7,8). The van der Waals surface area contributed by atoms with E-state index in [-0.39, 0.29) is 0 Å². The lowest BCUT2D eigenvalue weighted by atomic mass is 11.1. The Kier molecular flexibility index (Phi) is 1.97. The Morgan fingerprint density at radius 3 is 3.22 bits per heavy atom. The van der Waals surface area contributed by atoms with Gasteiger partial charge in [-0.1, -0.05) is 6.58 Å². The molecule has 1 aromatic rings. The molecule has 5 nitrogen and oxygen atoms in total. The average Bonchev–Trinajstić information content (AvgIpc) is 2.34. The van der Waals surface area contributed by atoms with E-state index in [1.54, 1.807) is 6.20 Å². The van der Waals surface area contributed by atoms with Gasteiger partial charge in [0.2, 0.25) is 9.68 Å². The van der Waals surface area contributed by atoms with Crippen molar-refractivity contribution in [2.24, 2.45) is 0 Å². The molecule has 0 radical (unpaired) electrons. The molecule has 0 aliphatic carbocycles. The summed E-state index contributed by atoms with van der Waals surface area (Å²) in [6.45, 7) is 3.50. The molecule has 0 aliphatic heterocycles. The van der Waals surface area contributed by atoms with E-state index in [0.717, 1.165) is 5.45 Å². The number of aromatic nitrogens is 4. The Hall–Kier alpha value is -1.17. The lowest BCUT2D eigenvalue weighted by Gasteiger charge is -1.89. The molecule has 9 heavy (non-hydrogen) atoms. The molecule has 0 atom stereocenters. The third-order valence-electron chi connectivity index (χ3n) is 0.803. The van der Waals surface area contributed by atoms with Crippen molar-refractivity contribution in [1.29, 1.82) is 0 Å². The summed E-state index contributed by atoms with van der Waals surface area (Å²) < 4.78 is 0. The normalized spacial score (nSPS) is 10.2. The van der Waals surface area contributed by atoms with Crippen molar-refractivity contribution < 1.29 is 0 Å². The predicted octanol–water partition coefficient (Wildman–Crippen LogP) is -2.36.